The van der Waals surface area contributed by atoms with Gasteiger partial charge >= 0.3 is 0 Å². The molecular weight excluding hydrogens is 214 g/mol. The van der Waals surface area contributed by atoms with Gasteiger partial charge in [0.25, 0.3) is 5.82 Å². The zero-order chi connectivity index (χ0) is 10.8. The fraction of sp³-hybridized carbons (Fsp3) is 0.500. The summed E-state index contributed by atoms with van der Waals surface area (Å²) in [6, 6.07) is 3.79. The largest absolute Gasteiger partial charge is 0.711 e. The Kier molecular flexibility index (Phi) is 2.98. The second-order valence-corrected chi connectivity index (χ2v) is 4.21. The number of piperazine rings is 1. The molecule has 0 aromatic carbocycles. The summed E-state index contributed by atoms with van der Waals surface area (Å²) >= 11 is 6.03. The minimum absolute atomic E-state index is 0.384. The molecule has 1 aromatic rings. The number of pyridine rings is 1. The third-order valence-corrected chi connectivity index (χ3v) is 2.85. The van der Waals surface area contributed by atoms with Crippen molar-refractivity contribution in [1.29, 1.82) is 0 Å². The number of nitrogens with one attached hydrogen (secondary N) is 1. The molecule has 0 amide bonds. The second-order valence-electron chi connectivity index (χ2n) is 3.81. The van der Waals surface area contributed by atoms with Crippen LogP contribution in [0, 0.1) is 5.21 Å². The lowest BCUT2D eigenvalue weighted by molar-refractivity contribution is -0.592. The van der Waals surface area contributed by atoms with E-state index in [1.165, 1.54) is 6.20 Å². The Morgan fingerprint density at radius 1 is 1.67 bits per heavy atom. The summed E-state index contributed by atoms with van der Waals surface area (Å²) in [6.07, 6.45) is 1.48. The van der Waals surface area contributed by atoms with Gasteiger partial charge in [-0.05, 0) is 19.1 Å². The molecule has 1 atom stereocenters. The SMILES string of the molecule is CC1CN(c2c(Cl)ccc[n+]2[O-])CCN1. The van der Waals surface area contributed by atoms with Crippen molar-refractivity contribution in [1.82, 2.24) is 5.32 Å². The zero-order valence-electron chi connectivity index (χ0n) is 8.61. The highest BCUT2D eigenvalue weighted by Gasteiger charge is 2.25. The van der Waals surface area contributed by atoms with Crippen LogP contribution in [0.5, 0.6) is 0 Å². The monoisotopic (exact) mass is 227 g/mol. The lowest BCUT2D eigenvalue weighted by Crippen LogP contribution is -2.52. The highest BCUT2D eigenvalue weighted by Crippen LogP contribution is 2.21. The molecule has 4 nitrogen and oxygen atoms in total. The van der Waals surface area contributed by atoms with Gasteiger partial charge in [0.15, 0.2) is 0 Å². The van der Waals surface area contributed by atoms with E-state index < -0.39 is 0 Å². The van der Waals surface area contributed by atoms with E-state index >= 15 is 0 Å². The minimum Gasteiger partial charge on any atom is -0.711 e. The second kappa shape index (κ2) is 4.24. The van der Waals surface area contributed by atoms with Gasteiger partial charge in [-0.15, -0.1) is 0 Å². The number of rotatable bonds is 1. The molecule has 15 heavy (non-hydrogen) atoms. The molecule has 2 rings (SSSR count). The van der Waals surface area contributed by atoms with E-state index in [-0.39, 0.29) is 0 Å². The Bertz CT molecular complexity index is 338. The van der Waals surface area contributed by atoms with Crippen molar-refractivity contribution in [2.75, 3.05) is 24.5 Å². The van der Waals surface area contributed by atoms with Gasteiger partial charge in [-0.25, -0.2) is 4.73 Å². The van der Waals surface area contributed by atoms with Crippen LogP contribution in [0.15, 0.2) is 18.3 Å². The maximum Gasteiger partial charge on any atom is 0.298 e. The van der Waals surface area contributed by atoms with Crippen molar-refractivity contribution in [3.8, 4) is 0 Å². The zero-order valence-corrected chi connectivity index (χ0v) is 9.37. The van der Waals surface area contributed by atoms with Gasteiger partial charge in [0, 0.05) is 12.6 Å². The van der Waals surface area contributed by atoms with Crippen LogP contribution in [0.2, 0.25) is 5.02 Å². The van der Waals surface area contributed by atoms with E-state index in [0.29, 0.717) is 16.9 Å². The first-order chi connectivity index (χ1) is 7.18. The maximum atomic E-state index is 11.6. The predicted octanol–water partition coefficient (Wildman–Crippen LogP) is 0.771. The average molecular weight is 228 g/mol. The number of hydrogen-bond donors (Lipinski definition) is 1. The summed E-state index contributed by atoms with van der Waals surface area (Å²) in [5, 5.41) is 15.5. The van der Waals surface area contributed by atoms with Crippen LogP contribution in [0.1, 0.15) is 6.92 Å². The molecule has 0 radical (unpaired) electrons. The fourth-order valence-corrected chi connectivity index (χ4v) is 2.15. The summed E-state index contributed by atoms with van der Waals surface area (Å²) in [6.45, 7) is 4.60. The third-order valence-electron chi connectivity index (χ3n) is 2.55. The standard InChI is InChI=1S/C10H14ClN3O/c1-8-7-13(6-4-12-8)10-9(11)3-2-5-14(10)15/h2-3,5,8,12H,4,6-7H2,1H3. The van der Waals surface area contributed by atoms with Crippen molar-refractivity contribution >= 4 is 17.4 Å². The van der Waals surface area contributed by atoms with Crippen molar-refractivity contribution in [2.45, 2.75) is 13.0 Å². The Labute approximate surface area is 94.0 Å². The molecule has 1 fully saturated rings. The molecule has 1 aliphatic heterocycles. The average Bonchev–Trinajstić information content (AvgIpc) is 2.17. The fourth-order valence-electron chi connectivity index (χ4n) is 1.87. The van der Waals surface area contributed by atoms with E-state index in [0.717, 1.165) is 24.4 Å². The van der Waals surface area contributed by atoms with Gasteiger partial charge in [0.2, 0.25) is 0 Å². The Morgan fingerprint density at radius 2 is 2.47 bits per heavy atom. The highest BCUT2D eigenvalue weighted by molar-refractivity contribution is 6.32. The van der Waals surface area contributed by atoms with Crippen molar-refractivity contribution < 1.29 is 4.73 Å². The van der Waals surface area contributed by atoms with E-state index in [1.807, 2.05) is 4.90 Å². The number of hydrogen-bond acceptors (Lipinski definition) is 3. The van der Waals surface area contributed by atoms with Crippen molar-refractivity contribution in [3.63, 3.8) is 0 Å². The molecule has 0 bridgehead atoms. The molecule has 0 aliphatic carbocycles. The summed E-state index contributed by atoms with van der Waals surface area (Å²) in [4.78, 5) is 2.02. The lowest BCUT2D eigenvalue weighted by Gasteiger charge is -2.29. The topological polar surface area (TPSA) is 42.2 Å². The predicted molar refractivity (Wildman–Crippen MR) is 60.1 cm³/mol. The van der Waals surface area contributed by atoms with Crippen LogP contribution < -0.4 is 14.9 Å². The first kappa shape index (κ1) is 10.5. The minimum atomic E-state index is 0.384. The molecular formula is C10H14ClN3O. The van der Waals surface area contributed by atoms with Crippen molar-refractivity contribution in [2.24, 2.45) is 0 Å². The highest BCUT2D eigenvalue weighted by atomic mass is 35.5. The van der Waals surface area contributed by atoms with Crippen LogP contribution in [-0.4, -0.2) is 25.7 Å². The number of aromatic nitrogens is 1. The quantitative estimate of drug-likeness (QED) is 0.569. The third kappa shape index (κ3) is 2.16. The molecule has 1 unspecified atom stereocenters. The molecule has 82 valence electrons. The van der Waals surface area contributed by atoms with E-state index in [4.69, 9.17) is 11.6 Å². The normalized spacial score (nSPS) is 21.7. The van der Waals surface area contributed by atoms with Gasteiger partial charge in [0.1, 0.15) is 11.6 Å². The molecule has 5 heteroatoms. The molecule has 1 N–H and O–H groups in total. The van der Waals surface area contributed by atoms with Crippen LogP contribution in [0.3, 0.4) is 0 Å². The van der Waals surface area contributed by atoms with E-state index in [9.17, 15) is 5.21 Å². The van der Waals surface area contributed by atoms with Crippen LogP contribution >= 0.6 is 11.6 Å². The van der Waals surface area contributed by atoms with Gasteiger partial charge in [-0.1, -0.05) is 11.6 Å². The molecule has 0 saturated carbocycles. The van der Waals surface area contributed by atoms with Gasteiger partial charge in [-0.3, -0.25) is 4.90 Å². The number of nitrogens with zero attached hydrogens (tertiary/aromatic N) is 2. The Morgan fingerprint density at radius 3 is 3.13 bits per heavy atom. The van der Waals surface area contributed by atoms with Crippen LogP contribution in [0.25, 0.3) is 0 Å². The Balaban J connectivity index is 2.28. The van der Waals surface area contributed by atoms with Gasteiger partial charge < -0.3 is 10.5 Å². The molecule has 2 heterocycles. The lowest BCUT2D eigenvalue weighted by atomic mass is 10.2. The smallest absolute Gasteiger partial charge is 0.298 e. The van der Waals surface area contributed by atoms with Gasteiger partial charge in [-0.2, -0.15) is 0 Å². The summed E-state index contributed by atoms with van der Waals surface area (Å²) in [7, 11) is 0. The number of halogens is 1. The van der Waals surface area contributed by atoms with Crippen LogP contribution in [0.4, 0.5) is 5.82 Å². The first-order valence-electron chi connectivity index (χ1n) is 5.04. The maximum absolute atomic E-state index is 11.6. The van der Waals surface area contributed by atoms with E-state index in [2.05, 4.69) is 12.2 Å². The summed E-state index contributed by atoms with van der Waals surface area (Å²) < 4.78 is 0.834. The van der Waals surface area contributed by atoms with Crippen LogP contribution in [-0.2, 0) is 0 Å². The molecule has 1 aliphatic rings. The molecule has 1 saturated heterocycles. The molecule has 1 aromatic heterocycles. The first-order valence-corrected chi connectivity index (χ1v) is 5.42. The van der Waals surface area contributed by atoms with Crippen molar-refractivity contribution in [3.05, 3.63) is 28.6 Å². The number of anilines is 1. The van der Waals surface area contributed by atoms with Gasteiger partial charge in [0.05, 0.1) is 12.7 Å². The summed E-state index contributed by atoms with van der Waals surface area (Å²) in [5.74, 6) is 0.563. The molecule has 0 spiro atoms. The Hall–Kier alpha value is -1.00. The van der Waals surface area contributed by atoms with E-state index in [1.54, 1.807) is 12.1 Å². The summed E-state index contributed by atoms with van der Waals surface area (Å²) in [5.41, 5.74) is 0.